The van der Waals surface area contributed by atoms with E-state index in [2.05, 4.69) is 4.90 Å². The van der Waals surface area contributed by atoms with E-state index in [1.807, 2.05) is 0 Å². The lowest BCUT2D eigenvalue weighted by Crippen LogP contribution is -2.23. The Bertz CT molecular complexity index is 119. The van der Waals surface area contributed by atoms with E-state index in [9.17, 15) is 0 Å². The van der Waals surface area contributed by atoms with Crippen LogP contribution < -0.4 is 5.73 Å². The van der Waals surface area contributed by atoms with Gasteiger partial charge in [-0.15, -0.1) is 0 Å². The molecule has 12 heavy (non-hydrogen) atoms. The zero-order valence-corrected chi connectivity index (χ0v) is 7.71. The topological polar surface area (TPSA) is 49.5 Å². The van der Waals surface area contributed by atoms with Crippen LogP contribution in [0.1, 0.15) is 19.3 Å². The second-order valence-corrected chi connectivity index (χ2v) is 3.61. The van der Waals surface area contributed by atoms with E-state index < -0.39 is 0 Å². The van der Waals surface area contributed by atoms with Gasteiger partial charge in [0, 0.05) is 13.2 Å². The molecule has 0 aromatic carbocycles. The summed E-state index contributed by atoms with van der Waals surface area (Å²) in [6, 6.07) is 0. The molecule has 1 heterocycles. The molecule has 1 aliphatic rings. The van der Waals surface area contributed by atoms with Gasteiger partial charge < -0.3 is 15.7 Å². The molecule has 0 aromatic rings. The quantitative estimate of drug-likeness (QED) is 0.615. The van der Waals surface area contributed by atoms with Gasteiger partial charge in [-0.3, -0.25) is 0 Å². The maximum Gasteiger partial charge on any atom is 0.0434 e. The predicted molar refractivity (Wildman–Crippen MR) is 49.9 cm³/mol. The molecule has 0 spiro atoms. The zero-order chi connectivity index (χ0) is 8.81. The lowest BCUT2D eigenvalue weighted by molar-refractivity contribution is 0.250. The van der Waals surface area contributed by atoms with E-state index in [0.717, 1.165) is 31.8 Å². The third-order valence-corrected chi connectivity index (χ3v) is 2.59. The number of likely N-dealkylation sites (tertiary alicyclic amines) is 1. The maximum absolute atomic E-state index is 8.75. The van der Waals surface area contributed by atoms with Crippen LogP contribution in [-0.4, -0.2) is 42.8 Å². The Morgan fingerprint density at radius 1 is 1.50 bits per heavy atom. The lowest BCUT2D eigenvalue weighted by Gasteiger charge is -2.14. The van der Waals surface area contributed by atoms with Crippen molar-refractivity contribution < 1.29 is 5.11 Å². The van der Waals surface area contributed by atoms with Gasteiger partial charge in [0.15, 0.2) is 0 Å². The first-order chi connectivity index (χ1) is 5.86. The van der Waals surface area contributed by atoms with E-state index in [4.69, 9.17) is 10.8 Å². The summed E-state index contributed by atoms with van der Waals surface area (Å²) in [4.78, 5) is 2.45. The monoisotopic (exact) mass is 172 g/mol. The molecule has 0 radical (unpaired) electrons. The smallest absolute Gasteiger partial charge is 0.0434 e. The van der Waals surface area contributed by atoms with Crippen molar-refractivity contribution >= 4 is 0 Å². The van der Waals surface area contributed by atoms with Gasteiger partial charge >= 0.3 is 0 Å². The molecule has 0 saturated carbocycles. The molecule has 0 bridgehead atoms. The molecule has 3 N–H and O–H groups in total. The van der Waals surface area contributed by atoms with Gasteiger partial charge in [-0.2, -0.15) is 0 Å². The molecule has 3 nitrogen and oxygen atoms in total. The fourth-order valence-corrected chi connectivity index (χ4v) is 1.85. The SMILES string of the molecule is NCCCN1CCC(CCO)C1. The summed E-state index contributed by atoms with van der Waals surface area (Å²) in [7, 11) is 0. The Morgan fingerprint density at radius 2 is 2.33 bits per heavy atom. The number of aliphatic hydroxyl groups excluding tert-OH is 1. The van der Waals surface area contributed by atoms with Gasteiger partial charge in [0.05, 0.1) is 0 Å². The summed E-state index contributed by atoms with van der Waals surface area (Å²) >= 11 is 0. The van der Waals surface area contributed by atoms with Gasteiger partial charge in [0.25, 0.3) is 0 Å². The van der Waals surface area contributed by atoms with Crippen LogP contribution >= 0.6 is 0 Å². The molecule has 1 aliphatic heterocycles. The van der Waals surface area contributed by atoms with Crippen LogP contribution in [0.3, 0.4) is 0 Å². The van der Waals surface area contributed by atoms with Crippen molar-refractivity contribution in [3.8, 4) is 0 Å². The first-order valence-electron chi connectivity index (χ1n) is 4.90. The number of nitrogens with zero attached hydrogens (tertiary/aromatic N) is 1. The Hall–Kier alpha value is -0.120. The van der Waals surface area contributed by atoms with E-state index in [0.29, 0.717) is 6.61 Å². The minimum Gasteiger partial charge on any atom is -0.396 e. The Kier molecular flexibility index (Phi) is 4.58. The fourth-order valence-electron chi connectivity index (χ4n) is 1.85. The fraction of sp³-hybridized carbons (Fsp3) is 1.00. The minimum atomic E-state index is 0.343. The number of rotatable bonds is 5. The van der Waals surface area contributed by atoms with E-state index in [1.165, 1.54) is 19.5 Å². The molecule has 1 saturated heterocycles. The number of aliphatic hydroxyl groups is 1. The van der Waals surface area contributed by atoms with Crippen molar-refractivity contribution in [1.29, 1.82) is 0 Å². The largest absolute Gasteiger partial charge is 0.396 e. The summed E-state index contributed by atoms with van der Waals surface area (Å²) in [6.07, 6.45) is 3.33. The van der Waals surface area contributed by atoms with Crippen molar-refractivity contribution in [1.82, 2.24) is 4.90 Å². The summed E-state index contributed by atoms with van der Waals surface area (Å²) < 4.78 is 0. The summed E-state index contributed by atoms with van der Waals surface area (Å²) in [5, 5.41) is 8.75. The highest BCUT2D eigenvalue weighted by Crippen LogP contribution is 2.18. The van der Waals surface area contributed by atoms with E-state index >= 15 is 0 Å². The second kappa shape index (κ2) is 5.51. The summed E-state index contributed by atoms with van der Waals surface area (Å²) in [6.45, 7) is 4.64. The first-order valence-corrected chi connectivity index (χ1v) is 4.90. The molecule has 0 aliphatic carbocycles. The Balaban J connectivity index is 2.08. The maximum atomic E-state index is 8.75. The number of hydrogen-bond acceptors (Lipinski definition) is 3. The van der Waals surface area contributed by atoms with E-state index in [1.54, 1.807) is 0 Å². The van der Waals surface area contributed by atoms with Gasteiger partial charge in [-0.05, 0) is 44.8 Å². The van der Waals surface area contributed by atoms with Crippen molar-refractivity contribution in [2.45, 2.75) is 19.3 Å². The highest BCUT2D eigenvalue weighted by molar-refractivity contribution is 4.75. The molecule has 1 atom stereocenters. The summed E-state index contributed by atoms with van der Waals surface area (Å²) in [5.41, 5.74) is 5.43. The molecule has 1 fully saturated rings. The Labute approximate surface area is 74.5 Å². The van der Waals surface area contributed by atoms with Crippen LogP contribution in [0, 0.1) is 5.92 Å². The average molecular weight is 172 g/mol. The predicted octanol–water partition coefficient (Wildman–Crippen LogP) is 0.0395. The first kappa shape index (κ1) is 9.96. The zero-order valence-electron chi connectivity index (χ0n) is 7.71. The van der Waals surface area contributed by atoms with E-state index in [-0.39, 0.29) is 0 Å². The third kappa shape index (κ3) is 3.09. The average Bonchev–Trinajstić information content (AvgIpc) is 2.50. The van der Waals surface area contributed by atoms with Crippen LogP contribution in [0.5, 0.6) is 0 Å². The normalized spacial score (nSPS) is 25.0. The molecule has 0 aromatic heterocycles. The molecule has 72 valence electrons. The standard InChI is InChI=1S/C9H20N2O/c10-4-1-5-11-6-2-9(8-11)3-7-12/h9,12H,1-8,10H2. The lowest BCUT2D eigenvalue weighted by atomic mass is 10.1. The second-order valence-electron chi connectivity index (χ2n) is 3.61. The van der Waals surface area contributed by atoms with Crippen LogP contribution in [0.4, 0.5) is 0 Å². The molecule has 3 heteroatoms. The number of nitrogens with two attached hydrogens (primary N) is 1. The van der Waals surface area contributed by atoms with Crippen LogP contribution in [-0.2, 0) is 0 Å². The highest BCUT2D eigenvalue weighted by atomic mass is 16.3. The minimum absolute atomic E-state index is 0.343. The molecule has 1 unspecified atom stereocenters. The van der Waals surface area contributed by atoms with Gasteiger partial charge in [0.1, 0.15) is 0 Å². The van der Waals surface area contributed by atoms with Crippen molar-refractivity contribution in [3.05, 3.63) is 0 Å². The molecular weight excluding hydrogens is 152 g/mol. The van der Waals surface area contributed by atoms with Crippen molar-refractivity contribution in [2.75, 3.05) is 32.8 Å². The van der Waals surface area contributed by atoms with Gasteiger partial charge in [-0.1, -0.05) is 0 Å². The Morgan fingerprint density at radius 3 is 3.00 bits per heavy atom. The van der Waals surface area contributed by atoms with Crippen LogP contribution in [0.2, 0.25) is 0 Å². The molecule has 1 rings (SSSR count). The van der Waals surface area contributed by atoms with Crippen molar-refractivity contribution in [3.63, 3.8) is 0 Å². The van der Waals surface area contributed by atoms with Gasteiger partial charge in [-0.25, -0.2) is 0 Å². The highest BCUT2D eigenvalue weighted by Gasteiger charge is 2.20. The van der Waals surface area contributed by atoms with Crippen LogP contribution in [0.25, 0.3) is 0 Å². The van der Waals surface area contributed by atoms with Crippen molar-refractivity contribution in [2.24, 2.45) is 11.7 Å². The molecule has 0 amide bonds. The van der Waals surface area contributed by atoms with Gasteiger partial charge in [0.2, 0.25) is 0 Å². The summed E-state index contributed by atoms with van der Waals surface area (Å²) in [5.74, 6) is 0.729. The van der Waals surface area contributed by atoms with Crippen LogP contribution in [0.15, 0.2) is 0 Å². The molecular formula is C9H20N2O. The number of hydrogen-bond donors (Lipinski definition) is 2. The third-order valence-electron chi connectivity index (χ3n) is 2.59.